The summed E-state index contributed by atoms with van der Waals surface area (Å²) in [6.45, 7) is 4.31. The molecule has 1 atom stereocenters. The highest BCUT2D eigenvalue weighted by Gasteiger charge is 2.18. The first kappa shape index (κ1) is 12.4. The predicted molar refractivity (Wildman–Crippen MR) is 61.9 cm³/mol. The quantitative estimate of drug-likeness (QED) is 0.612. The van der Waals surface area contributed by atoms with Crippen LogP contribution in [0.2, 0.25) is 0 Å². The smallest absolute Gasteiger partial charge is 0.311 e. The third kappa shape index (κ3) is 2.93. The van der Waals surface area contributed by atoms with Crippen LogP contribution < -0.4 is 10.1 Å². The normalized spacial score (nSPS) is 12.2. The number of rotatable bonds is 5. The van der Waals surface area contributed by atoms with Gasteiger partial charge in [0.25, 0.3) is 0 Å². The molecular formula is C11H16N2O3. The molecule has 0 saturated heterocycles. The van der Waals surface area contributed by atoms with E-state index in [0.29, 0.717) is 12.3 Å². The summed E-state index contributed by atoms with van der Waals surface area (Å²) in [5.41, 5.74) is 0.792. The van der Waals surface area contributed by atoms with Crippen molar-refractivity contribution in [2.24, 2.45) is 0 Å². The van der Waals surface area contributed by atoms with Crippen molar-refractivity contribution in [1.82, 2.24) is 5.32 Å². The molecule has 0 heterocycles. The van der Waals surface area contributed by atoms with Crippen molar-refractivity contribution in [2.45, 2.75) is 20.0 Å². The minimum Gasteiger partial charge on any atom is -0.482 e. The van der Waals surface area contributed by atoms with Crippen LogP contribution >= 0.6 is 0 Å². The number of nitrogens with zero attached hydrogens (tertiary/aromatic N) is 1. The molecule has 0 aliphatic carbocycles. The van der Waals surface area contributed by atoms with Gasteiger partial charge in [0.1, 0.15) is 6.10 Å². The van der Waals surface area contributed by atoms with Gasteiger partial charge in [0, 0.05) is 12.6 Å². The fourth-order valence-corrected chi connectivity index (χ4v) is 1.46. The lowest BCUT2D eigenvalue weighted by Crippen LogP contribution is -2.26. The van der Waals surface area contributed by atoms with Crippen molar-refractivity contribution in [2.75, 3.05) is 13.6 Å². The minimum absolute atomic E-state index is 0.0166. The lowest BCUT2D eigenvalue weighted by molar-refractivity contribution is -0.386. The first-order valence-electron chi connectivity index (χ1n) is 5.11. The van der Waals surface area contributed by atoms with E-state index in [1.807, 2.05) is 14.0 Å². The summed E-state index contributed by atoms with van der Waals surface area (Å²) in [5.74, 6) is 0.357. The third-order valence-corrected chi connectivity index (χ3v) is 2.20. The SMILES string of the molecule is CNCC(C)Oc1c(C)cccc1[N+](=O)[O-]. The molecule has 1 aromatic rings. The van der Waals surface area contributed by atoms with Crippen molar-refractivity contribution in [3.63, 3.8) is 0 Å². The van der Waals surface area contributed by atoms with Crippen LogP contribution in [0.4, 0.5) is 5.69 Å². The summed E-state index contributed by atoms with van der Waals surface area (Å²) in [6, 6.07) is 4.91. The van der Waals surface area contributed by atoms with Crippen LogP contribution in [0.3, 0.4) is 0 Å². The molecule has 5 heteroatoms. The number of benzene rings is 1. The van der Waals surface area contributed by atoms with Gasteiger partial charge in [0.15, 0.2) is 5.75 Å². The van der Waals surface area contributed by atoms with Crippen molar-refractivity contribution in [3.8, 4) is 5.75 Å². The zero-order chi connectivity index (χ0) is 12.1. The number of hydrogen-bond donors (Lipinski definition) is 1. The molecule has 5 nitrogen and oxygen atoms in total. The average Bonchev–Trinajstić information content (AvgIpc) is 2.21. The fourth-order valence-electron chi connectivity index (χ4n) is 1.46. The molecule has 0 saturated carbocycles. The summed E-state index contributed by atoms with van der Waals surface area (Å²) >= 11 is 0. The Morgan fingerprint density at radius 3 is 2.81 bits per heavy atom. The molecule has 0 radical (unpaired) electrons. The molecule has 1 rings (SSSR count). The van der Waals surface area contributed by atoms with Gasteiger partial charge in [-0.1, -0.05) is 12.1 Å². The Kier molecular flexibility index (Phi) is 4.25. The van der Waals surface area contributed by atoms with Gasteiger partial charge in [0.05, 0.1) is 4.92 Å². The zero-order valence-corrected chi connectivity index (χ0v) is 9.69. The number of aryl methyl sites for hydroxylation is 1. The average molecular weight is 224 g/mol. The van der Waals surface area contributed by atoms with E-state index in [-0.39, 0.29) is 11.8 Å². The second-order valence-corrected chi connectivity index (χ2v) is 3.67. The molecule has 1 N–H and O–H groups in total. The van der Waals surface area contributed by atoms with Crippen LogP contribution in [0.1, 0.15) is 12.5 Å². The van der Waals surface area contributed by atoms with Gasteiger partial charge < -0.3 is 10.1 Å². The fraction of sp³-hybridized carbons (Fsp3) is 0.455. The summed E-state index contributed by atoms with van der Waals surface area (Å²) in [6.07, 6.45) is -0.107. The largest absolute Gasteiger partial charge is 0.482 e. The molecule has 0 amide bonds. The maximum Gasteiger partial charge on any atom is 0.311 e. The first-order chi connectivity index (χ1) is 7.56. The molecular weight excluding hydrogens is 208 g/mol. The second-order valence-electron chi connectivity index (χ2n) is 3.67. The molecule has 1 aromatic carbocycles. The van der Waals surface area contributed by atoms with Gasteiger partial charge >= 0.3 is 5.69 Å². The Labute approximate surface area is 94.6 Å². The highest BCUT2D eigenvalue weighted by molar-refractivity contribution is 5.51. The first-order valence-corrected chi connectivity index (χ1v) is 5.11. The number of hydrogen-bond acceptors (Lipinski definition) is 4. The van der Waals surface area contributed by atoms with E-state index in [0.717, 1.165) is 5.56 Å². The molecule has 0 aliphatic heterocycles. The number of ether oxygens (including phenoxy) is 1. The lowest BCUT2D eigenvalue weighted by atomic mass is 10.2. The molecule has 0 fully saturated rings. The molecule has 0 spiro atoms. The van der Waals surface area contributed by atoms with Gasteiger partial charge in [-0.05, 0) is 26.5 Å². The molecule has 88 valence electrons. The van der Waals surface area contributed by atoms with E-state index in [2.05, 4.69) is 5.32 Å². The van der Waals surface area contributed by atoms with E-state index in [4.69, 9.17) is 4.74 Å². The van der Waals surface area contributed by atoms with E-state index in [1.165, 1.54) is 6.07 Å². The number of para-hydroxylation sites is 1. The van der Waals surface area contributed by atoms with E-state index in [9.17, 15) is 10.1 Å². The van der Waals surface area contributed by atoms with E-state index < -0.39 is 4.92 Å². The molecule has 16 heavy (non-hydrogen) atoms. The van der Waals surface area contributed by atoms with Gasteiger partial charge in [-0.25, -0.2) is 0 Å². The van der Waals surface area contributed by atoms with Crippen LogP contribution in [0.15, 0.2) is 18.2 Å². The second kappa shape index (κ2) is 5.46. The van der Waals surface area contributed by atoms with Gasteiger partial charge in [0.2, 0.25) is 0 Å². The molecule has 0 bridgehead atoms. The summed E-state index contributed by atoms with van der Waals surface area (Å²) in [4.78, 5) is 10.4. The van der Waals surface area contributed by atoms with E-state index in [1.54, 1.807) is 19.1 Å². The van der Waals surface area contributed by atoms with Gasteiger partial charge in [-0.15, -0.1) is 0 Å². The predicted octanol–water partition coefficient (Wildman–Crippen LogP) is 1.89. The Morgan fingerprint density at radius 2 is 2.25 bits per heavy atom. The summed E-state index contributed by atoms with van der Waals surface area (Å²) in [7, 11) is 1.81. The van der Waals surface area contributed by atoms with Crippen molar-refractivity contribution in [3.05, 3.63) is 33.9 Å². The monoisotopic (exact) mass is 224 g/mol. The number of nitro benzene ring substituents is 1. The highest BCUT2D eigenvalue weighted by Crippen LogP contribution is 2.30. The Morgan fingerprint density at radius 1 is 1.56 bits per heavy atom. The van der Waals surface area contributed by atoms with Crippen LogP contribution in [0, 0.1) is 17.0 Å². The lowest BCUT2D eigenvalue weighted by Gasteiger charge is -2.15. The highest BCUT2D eigenvalue weighted by atomic mass is 16.6. The van der Waals surface area contributed by atoms with Gasteiger partial charge in [-0.3, -0.25) is 10.1 Å². The topological polar surface area (TPSA) is 64.4 Å². The Hall–Kier alpha value is -1.62. The van der Waals surface area contributed by atoms with Crippen LogP contribution in [-0.2, 0) is 0 Å². The van der Waals surface area contributed by atoms with Crippen LogP contribution in [0.5, 0.6) is 5.75 Å². The van der Waals surface area contributed by atoms with Gasteiger partial charge in [-0.2, -0.15) is 0 Å². The number of nitro groups is 1. The van der Waals surface area contributed by atoms with Crippen molar-refractivity contribution >= 4 is 5.69 Å². The third-order valence-electron chi connectivity index (χ3n) is 2.20. The standard InChI is InChI=1S/C11H16N2O3/c1-8-5-4-6-10(13(14)15)11(8)16-9(2)7-12-3/h4-6,9,12H,7H2,1-3H3. The van der Waals surface area contributed by atoms with Crippen LogP contribution in [-0.4, -0.2) is 24.6 Å². The Balaban J connectivity index is 2.97. The van der Waals surface area contributed by atoms with Crippen LogP contribution in [0.25, 0.3) is 0 Å². The molecule has 1 unspecified atom stereocenters. The number of nitrogens with one attached hydrogen (secondary N) is 1. The van der Waals surface area contributed by atoms with Crippen molar-refractivity contribution in [1.29, 1.82) is 0 Å². The maximum atomic E-state index is 10.8. The minimum atomic E-state index is -0.422. The Bertz CT molecular complexity index is 379. The summed E-state index contributed by atoms with van der Waals surface area (Å²) < 4.78 is 5.57. The molecule has 0 aliphatic rings. The zero-order valence-electron chi connectivity index (χ0n) is 9.69. The summed E-state index contributed by atoms with van der Waals surface area (Å²) in [5, 5.41) is 13.8. The van der Waals surface area contributed by atoms with Crippen molar-refractivity contribution < 1.29 is 9.66 Å². The maximum absolute atomic E-state index is 10.8. The number of likely N-dealkylation sites (N-methyl/N-ethyl adjacent to an activating group) is 1. The van der Waals surface area contributed by atoms with E-state index >= 15 is 0 Å². The molecule has 0 aromatic heterocycles.